The van der Waals surface area contributed by atoms with Crippen LogP contribution in [0, 0.1) is 5.82 Å². The first-order chi connectivity index (χ1) is 9.83. The Morgan fingerprint density at radius 3 is 2.57 bits per heavy atom. The number of nitrogens with one attached hydrogen (secondary N) is 1. The SMILES string of the molecule is CCNc1c(F)cccc1C(=O)N(CC(F)(F)F)C1CC1. The number of carbonyl (C=O) groups is 1. The molecule has 116 valence electrons. The Hall–Kier alpha value is -1.79. The molecule has 7 heteroatoms. The molecule has 1 aliphatic rings. The lowest BCUT2D eigenvalue weighted by Gasteiger charge is -2.25. The molecule has 0 saturated heterocycles. The first kappa shape index (κ1) is 15.6. The van der Waals surface area contributed by atoms with Crippen LogP contribution in [0.15, 0.2) is 18.2 Å². The van der Waals surface area contributed by atoms with Crippen molar-refractivity contribution < 1.29 is 22.4 Å². The molecule has 3 nitrogen and oxygen atoms in total. The first-order valence-corrected chi connectivity index (χ1v) is 6.73. The predicted octanol–water partition coefficient (Wildman–Crippen LogP) is 3.42. The smallest absolute Gasteiger partial charge is 0.382 e. The van der Waals surface area contributed by atoms with Crippen molar-refractivity contribution in [3.05, 3.63) is 29.6 Å². The number of alkyl halides is 3. The van der Waals surface area contributed by atoms with E-state index < -0.39 is 30.5 Å². The van der Waals surface area contributed by atoms with Crippen molar-refractivity contribution in [1.82, 2.24) is 4.90 Å². The highest BCUT2D eigenvalue weighted by molar-refractivity contribution is 6.00. The van der Waals surface area contributed by atoms with Crippen LogP contribution >= 0.6 is 0 Å². The Balaban J connectivity index is 2.30. The van der Waals surface area contributed by atoms with E-state index in [4.69, 9.17) is 0 Å². The Bertz CT molecular complexity index is 526. The number of carbonyl (C=O) groups excluding carboxylic acids is 1. The van der Waals surface area contributed by atoms with Crippen molar-refractivity contribution in [2.24, 2.45) is 0 Å². The Morgan fingerprint density at radius 1 is 1.38 bits per heavy atom. The summed E-state index contributed by atoms with van der Waals surface area (Å²) >= 11 is 0. The molecule has 0 radical (unpaired) electrons. The van der Waals surface area contributed by atoms with Crippen LogP contribution in [0.5, 0.6) is 0 Å². The van der Waals surface area contributed by atoms with Gasteiger partial charge in [0.05, 0.1) is 11.3 Å². The second-order valence-corrected chi connectivity index (χ2v) is 4.97. The quantitative estimate of drug-likeness (QED) is 0.845. The fourth-order valence-electron chi connectivity index (χ4n) is 2.16. The Labute approximate surface area is 119 Å². The molecule has 1 fully saturated rings. The molecule has 1 amide bonds. The number of hydrogen-bond donors (Lipinski definition) is 1. The van der Waals surface area contributed by atoms with Gasteiger partial charge in [-0.2, -0.15) is 13.2 Å². The number of amides is 1. The normalized spacial score (nSPS) is 14.9. The summed E-state index contributed by atoms with van der Waals surface area (Å²) in [5.41, 5.74) is -0.106. The molecule has 1 aromatic rings. The fourth-order valence-corrected chi connectivity index (χ4v) is 2.16. The molecule has 21 heavy (non-hydrogen) atoms. The molecular weight excluding hydrogens is 288 g/mol. The molecule has 1 N–H and O–H groups in total. The lowest BCUT2D eigenvalue weighted by atomic mass is 10.1. The van der Waals surface area contributed by atoms with E-state index >= 15 is 0 Å². The van der Waals surface area contributed by atoms with E-state index in [2.05, 4.69) is 5.32 Å². The van der Waals surface area contributed by atoms with Gasteiger partial charge in [0.1, 0.15) is 12.4 Å². The molecule has 2 rings (SSSR count). The molecule has 0 unspecified atom stereocenters. The Kier molecular flexibility index (Phi) is 4.39. The summed E-state index contributed by atoms with van der Waals surface area (Å²) < 4.78 is 51.6. The van der Waals surface area contributed by atoms with Crippen molar-refractivity contribution in [2.45, 2.75) is 32.0 Å². The van der Waals surface area contributed by atoms with E-state index in [1.165, 1.54) is 18.2 Å². The average Bonchev–Trinajstić information content (AvgIpc) is 3.21. The summed E-state index contributed by atoms with van der Waals surface area (Å²) in [6.45, 7) is 0.775. The third-order valence-electron chi connectivity index (χ3n) is 3.20. The zero-order valence-electron chi connectivity index (χ0n) is 11.5. The van der Waals surface area contributed by atoms with E-state index in [0.717, 1.165) is 4.90 Å². The van der Waals surface area contributed by atoms with Crippen molar-refractivity contribution in [1.29, 1.82) is 0 Å². The van der Waals surface area contributed by atoms with E-state index in [1.54, 1.807) is 6.92 Å². The van der Waals surface area contributed by atoms with Crippen LogP contribution in [-0.2, 0) is 0 Å². The van der Waals surface area contributed by atoms with E-state index in [1.807, 2.05) is 0 Å². The van der Waals surface area contributed by atoms with Crippen LogP contribution in [0.1, 0.15) is 30.1 Å². The van der Waals surface area contributed by atoms with Gasteiger partial charge >= 0.3 is 6.18 Å². The largest absolute Gasteiger partial charge is 0.406 e. The van der Waals surface area contributed by atoms with Crippen molar-refractivity contribution in [3.8, 4) is 0 Å². The van der Waals surface area contributed by atoms with Crippen LogP contribution < -0.4 is 5.32 Å². The highest BCUT2D eigenvalue weighted by atomic mass is 19.4. The minimum Gasteiger partial charge on any atom is -0.382 e. The molecule has 0 bridgehead atoms. The second kappa shape index (κ2) is 5.91. The standard InChI is InChI=1S/C14H16F4N2O/c1-2-19-12-10(4-3-5-11(12)15)13(21)20(9-6-7-9)8-14(16,17)18/h3-5,9,19H,2,6-8H2,1H3. The number of nitrogens with zero attached hydrogens (tertiary/aromatic N) is 1. The number of hydrogen-bond acceptors (Lipinski definition) is 2. The summed E-state index contributed by atoms with van der Waals surface area (Å²) in [6, 6.07) is 3.42. The molecule has 1 aromatic carbocycles. The lowest BCUT2D eigenvalue weighted by Crippen LogP contribution is -2.40. The van der Waals surface area contributed by atoms with Crippen molar-refractivity contribution in [3.63, 3.8) is 0 Å². The van der Waals surface area contributed by atoms with Gasteiger partial charge in [-0.05, 0) is 31.9 Å². The zero-order valence-corrected chi connectivity index (χ0v) is 11.5. The number of rotatable bonds is 5. The summed E-state index contributed by atoms with van der Waals surface area (Å²) in [4.78, 5) is 13.2. The number of benzene rings is 1. The third kappa shape index (κ3) is 3.86. The van der Waals surface area contributed by atoms with Crippen LogP contribution in [0.25, 0.3) is 0 Å². The van der Waals surface area contributed by atoms with Crippen LogP contribution in [0.2, 0.25) is 0 Å². The van der Waals surface area contributed by atoms with Gasteiger partial charge in [-0.15, -0.1) is 0 Å². The molecule has 0 heterocycles. The number of halogens is 4. The predicted molar refractivity (Wildman–Crippen MR) is 70.7 cm³/mol. The molecular formula is C14H16F4N2O. The fraction of sp³-hybridized carbons (Fsp3) is 0.500. The monoisotopic (exact) mass is 304 g/mol. The van der Waals surface area contributed by atoms with Gasteiger partial charge in [-0.3, -0.25) is 4.79 Å². The van der Waals surface area contributed by atoms with E-state index in [-0.39, 0.29) is 11.3 Å². The zero-order chi connectivity index (χ0) is 15.6. The molecule has 0 aliphatic heterocycles. The van der Waals surface area contributed by atoms with Crippen LogP contribution in [0.3, 0.4) is 0 Å². The molecule has 0 aromatic heterocycles. The lowest BCUT2D eigenvalue weighted by molar-refractivity contribution is -0.141. The van der Waals surface area contributed by atoms with Crippen LogP contribution in [-0.4, -0.2) is 36.1 Å². The number of para-hydroxylation sites is 1. The topological polar surface area (TPSA) is 32.3 Å². The van der Waals surface area contributed by atoms with Gasteiger partial charge in [-0.1, -0.05) is 6.07 Å². The second-order valence-electron chi connectivity index (χ2n) is 4.97. The van der Waals surface area contributed by atoms with Crippen molar-refractivity contribution in [2.75, 3.05) is 18.4 Å². The first-order valence-electron chi connectivity index (χ1n) is 6.73. The van der Waals surface area contributed by atoms with E-state index in [0.29, 0.717) is 19.4 Å². The maximum atomic E-state index is 13.8. The minimum absolute atomic E-state index is 0.0437. The minimum atomic E-state index is -4.47. The summed E-state index contributed by atoms with van der Waals surface area (Å²) in [7, 11) is 0. The molecule has 0 atom stereocenters. The highest BCUT2D eigenvalue weighted by Gasteiger charge is 2.41. The van der Waals surface area contributed by atoms with E-state index in [9.17, 15) is 22.4 Å². The van der Waals surface area contributed by atoms with Gasteiger partial charge < -0.3 is 10.2 Å². The highest BCUT2D eigenvalue weighted by Crippen LogP contribution is 2.33. The Morgan fingerprint density at radius 2 is 2.05 bits per heavy atom. The van der Waals surface area contributed by atoms with Gasteiger partial charge in [0.15, 0.2) is 0 Å². The van der Waals surface area contributed by atoms with Crippen LogP contribution in [0.4, 0.5) is 23.2 Å². The molecule has 1 aliphatic carbocycles. The summed E-state index contributed by atoms with van der Waals surface area (Å²) in [6.07, 6.45) is -3.37. The van der Waals surface area contributed by atoms with Gasteiger partial charge in [0.2, 0.25) is 0 Å². The third-order valence-corrected chi connectivity index (χ3v) is 3.20. The van der Waals surface area contributed by atoms with Crippen molar-refractivity contribution >= 4 is 11.6 Å². The van der Waals surface area contributed by atoms with Gasteiger partial charge in [0, 0.05) is 12.6 Å². The summed E-state index contributed by atoms with van der Waals surface area (Å²) in [5.74, 6) is -1.43. The molecule has 0 spiro atoms. The van der Waals surface area contributed by atoms with Gasteiger partial charge in [0.25, 0.3) is 5.91 Å². The maximum absolute atomic E-state index is 13.8. The summed E-state index contributed by atoms with van der Waals surface area (Å²) in [5, 5.41) is 2.70. The number of anilines is 1. The molecule has 1 saturated carbocycles. The average molecular weight is 304 g/mol. The maximum Gasteiger partial charge on any atom is 0.406 e. The van der Waals surface area contributed by atoms with Gasteiger partial charge in [-0.25, -0.2) is 4.39 Å².